The first kappa shape index (κ1) is 14.5. The highest BCUT2D eigenvalue weighted by Gasteiger charge is 2.12. The molecule has 0 saturated heterocycles. The van der Waals surface area contributed by atoms with Crippen LogP contribution in [0.3, 0.4) is 0 Å². The molecule has 0 bridgehead atoms. The fourth-order valence-corrected chi connectivity index (χ4v) is 0.167. The number of hydrogen-bond donors (Lipinski definition) is 0. The van der Waals surface area contributed by atoms with Crippen molar-refractivity contribution in [2.45, 2.75) is 67.2 Å². The van der Waals surface area contributed by atoms with E-state index >= 15 is 0 Å². The van der Waals surface area contributed by atoms with Gasteiger partial charge in [-0.1, -0.05) is 67.2 Å². The van der Waals surface area contributed by atoms with E-state index < -0.39 is 0 Å². The van der Waals surface area contributed by atoms with Gasteiger partial charge < -0.3 is 0 Å². The van der Waals surface area contributed by atoms with Crippen molar-refractivity contribution in [2.24, 2.45) is 11.8 Å². The Kier molecular flexibility index (Phi) is 13.3. The molecule has 0 heterocycles. The van der Waals surface area contributed by atoms with Crippen LogP contribution >= 0.6 is 0 Å². The van der Waals surface area contributed by atoms with Crippen LogP contribution < -0.4 is 0 Å². The lowest BCUT2D eigenvalue weighted by atomic mass is 10.3. The Hall–Kier alpha value is 0. The molecule has 0 nitrogen and oxygen atoms in total. The Labute approximate surface area is 79.8 Å². The number of unbranched alkanes of at least 4 members (excludes halogenated alkanes) is 1. The van der Waals surface area contributed by atoms with E-state index in [0.29, 0.717) is 0 Å². The van der Waals surface area contributed by atoms with Gasteiger partial charge in [0.05, 0.1) is 0 Å². The Bertz CT molecular complexity index is 55.7. The zero-order valence-corrected chi connectivity index (χ0v) is 9.98. The molecule has 1 fully saturated rings. The summed E-state index contributed by atoms with van der Waals surface area (Å²) in [6.07, 6.45) is 5.61. The molecule has 0 amide bonds. The molecule has 0 heteroatoms. The molecule has 1 saturated carbocycles. The summed E-state index contributed by atoms with van der Waals surface area (Å²) in [6, 6.07) is 0. The number of hydrogen-bond acceptors (Lipinski definition) is 0. The zero-order valence-electron chi connectivity index (χ0n) is 9.98. The highest BCUT2D eigenvalue weighted by molar-refractivity contribution is 4.65. The van der Waals surface area contributed by atoms with Crippen LogP contribution in [0.4, 0.5) is 0 Å². The highest BCUT2D eigenvalue weighted by atomic mass is 14.2. The molecule has 1 aliphatic rings. The molecule has 0 aromatic carbocycles. The quantitative estimate of drug-likeness (QED) is 0.528. The van der Waals surface area contributed by atoms with Crippen LogP contribution in [0, 0.1) is 11.8 Å². The second-order valence-electron chi connectivity index (χ2n) is 4.41. The second-order valence-corrected chi connectivity index (χ2v) is 4.41. The SMILES string of the molecule is CC(C)C.CC1CC1.CCCC. The molecule has 12 heavy (non-hydrogen) atoms. The predicted octanol–water partition coefficient (Wildman–Crippen LogP) is 4.89. The van der Waals surface area contributed by atoms with Crippen LogP contribution in [-0.4, -0.2) is 0 Å². The first-order valence-electron chi connectivity index (χ1n) is 5.54. The largest absolute Gasteiger partial charge is 0.0654 e. The summed E-state index contributed by atoms with van der Waals surface area (Å²) < 4.78 is 0. The van der Waals surface area contributed by atoms with Crippen molar-refractivity contribution in [3.8, 4) is 0 Å². The lowest BCUT2D eigenvalue weighted by molar-refractivity contribution is 0.737. The molecule has 0 spiro atoms. The van der Waals surface area contributed by atoms with Crippen LogP contribution in [0.5, 0.6) is 0 Å². The Morgan fingerprint density at radius 3 is 1.17 bits per heavy atom. The molecule has 0 aliphatic heterocycles. The molecule has 0 N–H and O–H groups in total. The van der Waals surface area contributed by atoms with Gasteiger partial charge in [0.25, 0.3) is 0 Å². The van der Waals surface area contributed by atoms with Gasteiger partial charge in [-0.15, -0.1) is 0 Å². The van der Waals surface area contributed by atoms with Crippen molar-refractivity contribution in [3.05, 3.63) is 0 Å². The van der Waals surface area contributed by atoms with E-state index in [1.807, 2.05) is 0 Å². The normalized spacial score (nSPS) is 14.2. The second kappa shape index (κ2) is 11.0. The molecule has 0 aromatic rings. The van der Waals surface area contributed by atoms with E-state index in [4.69, 9.17) is 0 Å². The molecule has 0 radical (unpaired) electrons. The summed E-state index contributed by atoms with van der Waals surface area (Å²) in [5, 5.41) is 0. The molecule has 0 aromatic heterocycles. The van der Waals surface area contributed by atoms with Crippen LogP contribution in [0.25, 0.3) is 0 Å². The first-order chi connectivity index (χ1) is 5.54. The first-order valence-corrected chi connectivity index (χ1v) is 5.54. The summed E-state index contributed by atoms with van der Waals surface area (Å²) in [4.78, 5) is 0. The van der Waals surface area contributed by atoms with E-state index in [0.717, 1.165) is 11.8 Å². The summed E-state index contributed by atoms with van der Waals surface area (Å²) in [6.45, 7) is 13.1. The van der Waals surface area contributed by atoms with Gasteiger partial charge in [0.2, 0.25) is 0 Å². The smallest absolute Gasteiger partial charge is 0.0443 e. The maximum absolute atomic E-state index is 2.28. The van der Waals surface area contributed by atoms with Crippen LogP contribution in [0.2, 0.25) is 0 Å². The maximum Gasteiger partial charge on any atom is -0.0443 e. The Balaban J connectivity index is 0. The molecular formula is C12H28. The summed E-state index contributed by atoms with van der Waals surface area (Å²) >= 11 is 0. The van der Waals surface area contributed by atoms with Crippen molar-refractivity contribution in [3.63, 3.8) is 0 Å². The Morgan fingerprint density at radius 1 is 1.00 bits per heavy atom. The lowest BCUT2D eigenvalue weighted by Crippen LogP contribution is -1.66. The third-order valence-electron chi connectivity index (χ3n) is 1.37. The van der Waals surface area contributed by atoms with Crippen molar-refractivity contribution in [1.82, 2.24) is 0 Å². The van der Waals surface area contributed by atoms with Gasteiger partial charge >= 0.3 is 0 Å². The molecule has 0 unspecified atom stereocenters. The number of rotatable bonds is 1. The van der Waals surface area contributed by atoms with Crippen molar-refractivity contribution >= 4 is 0 Å². The van der Waals surface area contributed by atoms with Gasteiger partial charge in [0, 0.05) is 0 Å². The molecule has 0 atom stereocenters. The van der Waals surface area contributed by atoms with Gasteiger partial charge in [-0.05, 0) is 11.8 Å². The van der Waals surface area contributed by atoms with Crippen molar-refractivity contribution < 1.29 is 0 Å². The van der Waals surface area contributed by atoms with E-state index in [1.54, 1.807) is 0 Å². The highest BCUT2D eigenvalue weighted by Crippen LogP contribution is 2.26. The maximum atomic E-state index is 2.28. The third-order valence-corrected chi connectivity index (χ3v) is 1.37. The van der Waals surface area contributed by atoms with E-state index in [2.05, 4.69) is 41.5 Å². The van der Waals surface area contributed by atoms with Gasteiger partial charge in [-0.3, -0.25) is 0 Å². The van der Waals surface area contributed by atoms with E-state index in [1.165, 1.54) is 25.7 Å². The van der Waals surface area contributed by atoms with Gasteiger partial charge in [-0.2, -0.15) is 0 Å². The molecular weight excluding hydrogens is 144 g/mol. The lowest BCUT2D eigenvalue weighted by Gasteiger charge is -1.79. The fraction of sp³-hybridized carbons (Fsp3) is 1.00. The third kappa shape index (κ3) is 50.6. The Morgan fingerprint density at radius 2 is 1.17 bits per heavy atom. The van der Waals surface area contributed by atoms with E-state index in [-0.39, 0.29) is 0 Å². The van der Waals surface area contributed by atoms with Crippen LogP contribution in [-0.2, 0) is 0 Å². The average molecular weight is 172 g/mol. The van der Waals surface area contributed by atoms with Gasteiger partial charge in [0.15, 0.2) is 0 Å². The van der Waals surface area contributed by atoms with E-state index in [9.17, 15) is 0 Å². The summed E-state index contributed by atoms with van der Waals surface area (Å²) in [5.74, 6) is 1.92. The van der Waals surface area contributed by atoms with Crippen molar-refractivity contribution in [1.29, 1.82) is 0 Å². The van der Waals surface area contributed by atoms with Gasteiger partial charge in [-0.25, -0.2) is 0 Å². The molecule has 76 valence electrons. The zero-order chi connectivity index (χ0) is 9.98. The minimum absolute atomic E-state index is 0.833. The topological polar surface area (TPSA) is 0 Å². The molecule has 1 rings (SSSR count). The minimum Gasteiger partial charge on any atom is -0.0654 e. The monoisotopic (exact) mass is 172 g/mol. The summed E-state index contributed by atoms with van der Waals surface area (Å²) in [7, 11) is 0. The van der Waals surface area contributed by atoms with Crippen molar-refractivity contribution in [2.75, 3.05) is 0 Å². The predicted molar refractivity (Wildman–Crippen MR) is 59.5 cm³/mol. The fourth-order valence-electron chi connectivity index (χ4n) is 0.167. The average Bonchev–Trinajstić information content (AvgIpc) is 2.71. The minimum atomic E-state index is 0.833. The standard InChI is InChI=1S/C4H8.2C4H10/c1-4-2-3-4;1-4(2)3;1-3-4-2/h4H,2-3H2,1H3;4H,1-3H3;3-4H2,1-2H3. The van der Waals surface area contributed by atoms with Crippen LogP contribution in [0.15, 0.2) is 0 Å². The van der Waals surface area contributed by atoms with Crippen LogP contribution in [0.1, 0.15) is 67.2 Å². The van der Waals surface area contributed by atoms with Gasteiger partial charge in [0.1, 0.15) is 0 Å². The molecule has 1 aliphatic carbocycles. The summed E-state index contributed by atoms with van der Waals surface area (Å²) in [5.41, 5.74) is 0.